The van der Waals surface area contributed by atoms with Crippen molar-refractivity contribution < 1.29 is 17.6 Å². The van der Waals surface area contributed by atoms with Crippen molar-refractivity contribution in [3.05, 3.63) is 46.1 Å². The number of anilines is 2. The van der Waals surface area contributed by atoms with Gasteiger partial charge in [-0.25, -0.2) is 14.4 Å². The largest absolute Gasteiger partial charge is 0.433 e. The van der Waals surface area contributed by atoms with Gasteiger partial charge in [-0.2, -0.15) is 13.2 Å². The van der Waals surface area contributed by atoms with E-state index < -0.39 is 23.0 Å². The van der Waals surface area contributed by atoms with Gasteiger partial charge in [-0.1, -0.05) is 11.6 Å². The van der Waals surface area contributed by atoms with Crippen LogP contribution in [0.15, 0.2) is 24.3 Å². The lowest BCUT2D eigenvalue weighted by molar-refractivity contribution is -0.141. The molecule has 0 bridgehead atoms. The molecule has 2 rings (SSSR count). The minimum Gasteiger partial charge on any atom is -0.338 e. The molecule has 2 aromatic rings. The summed E-state index contributed by atoms with van der Waals surface area (Å²) in [4.78, 5) is 6.60. The molecule has 0 amide bonds. The molecular formula is C11H5Cl2F4N3. The molecule has 0 radical (unpaired) electrons. The van der Waals surface area contributed by atoms with Crippen molar-refractivity contribution >= 4 is 34.7 Å². The standard InChI is InChI=1S/C11H5Cl2F4N3/c12-5-1-2-6(14)7(3-5)18-9-4-8(11(15,16)17)19-10(13)20-9/h1-4H,(H,18,19,20). The Morgan fingerprint density at radius 1 is 1.05 bits per heavy atom. The zero-order valence-electron chi connectivity index (χ0n) is 9.47. The van der Waals surface area contributed by atoms with Gasteiger partial charge in [-0.05, 0) is 29.8 Å². The third-order valence-corrected chi connectivity index (χ3v) is 2.58. The van der Waals surface area contributed by atoms with Crippen LogP contribution in [0.2, 0.25) is 10.3 Å². The summed E-state index contributed by atoms with van der Waals surface area (Å²) in [6.45, 7) is 0. The van der Waals surface area contributed by atoms with E-state index in [9.17, 15) is 17.6 Å². The van der Waals surface area contributed by atoms with E-state index in [1.807, 2.05) is 0 Å². The van der Waals surface area contributed by atoms with Crippen molar-refractivity contribution in [2.24, 2.45) is 0 Å². The number of aromatic nitrogens is 2. The van der Waals surface area contributed by atoms with E-state index in [4.69, 9.17) is 23.2 Å². The first-order valence-corrected chi connectivity index (χ1v) is 5.85. The maximum Gasteiger partial charge on any atom is 0.433 e. The van der Waals surface area contributed by atoms with Gasteiger partial charge in [-0.15, -0.1) is 0 Å². The Hall–Kier alpha value is -1.60. The highest BCUT2D eigenvalue weighted by molar-refractivity contribution is 6.30. The topological polar surface area (TPSA) is 37.8 Å². The fourth-order valence-corrected chi connectivity index (χ4v) is 1.71. The summed E-state index contributed by atoms with van der Waals surface area (Å²) in [6.07, 6.45) is -4.68. The summed E-state index contributed by atoms with van der Waals surface area (Å²) in [5.74, 6) is -0.990. The minimum atomic E-state index is -4.68. The second kappa shape index (κ2) is 5.41. The van der Waals surface area contributed by atoms with E-state index >= 15 is 0 Å². The summed E-state index contributed by atoms with van der Waals surface area (Å²) in [5, 5.41) is 1.98. The molecule has 0 spiro atoms. The quantitative estimate of drug-likeness (QED) is 0.643. The van der Waals surface area contributed by atoms with Gasteiger partial charge in [-0.3, -0.25) is 0 Å². The van der Waals surface area contributed by atoms with Gasteiger partial charge in [0.05, 0.1) is 5.69 Å². The molecule has 0 unspecified atom stereocenters. The van der Waals surface area contributed by atoms with Crippen LogP contribution in [-0.4, -0.2) is 9.97 Å². The SMILES string of the molecule is Fc1ccc(Cl)cc1Nc1cc(C(F)(F)F)nc(Cl)n1. The molecule has 1 aromatic heterocycles. The fraction of sp³-hybridized carbons (Fsp3) is 0.0909. The molecule has 0 aliphatic rings. The van der Waals surface area contributed by atoms with Gasteiger partial charge in [0, 0.05) is 11.1 Å². The summed E-state index contributed by atoms with van der Waals surface area (Å²) < 4.78 is 51.1. The van der Waals surface area contributed by atoms with Crippen molar-refractivity contribution in [2.75, 3.05) is 5.32 Å². The third kappa shape index (κ3) is 3.49. The van der Waals surface area contributed by atoms with Crippen molar-refractivity contribution in [3.8, 4) is 0 Å². The smallest absolute Gasteiger partial charge is 0.338 e. The number of halogens is 6. The average molecular weight is 326 g/mol. The molecule has 106 valence electrons. The van der Waals surface area contributed by atoms with Crippen LogP contribution >= 0.6 is 23.2 Å². The van der Waals surface area contributed by atoms with Gasteiger partial charge >= 0.3 is 6.18 Å². The predicted octanol–water partition coefficient (Wildman–Crippen LogP) is 4.68. The second-order valence-electron chi connectivity index (χ2n) is 3.65. The molecule has 20 heavy (non-hydrogen) atoms. The number of hydrogen-bond acceptors (Lipinski definition) is 3. The highest BCUT2D eigenvalue weighted by Crippen LogP contribution is 2.31. The molecule has 0 fully saturated rings. The fourth-order valence-electron chi connectivity index (χ4n) is 1.36. The van der Waals surface area contributed by atoms with Crippen molar-refractivity contribution in [3.63, 3.8) is 0 Å². The average Bonchev–Trinajstić information content (AvgIpc) is 2.32. The zero-order chi connectivity index (χ0) is 14.9. The highest BCUT2D eigenvalue weighted by Gasteiger charge is 2.33. The number of nitrogens with zero attached hydrogens (tertiary/aromatic N) is 2. The number of rotatable bonds is 2. The van der Waals surface area contributed by atoms with Crippen LogP contribution in [-0.2, 0) is 6.18 Å². The first-order chi connectivity index (χ1) is 9.25. The lowest BCUT2D eigenvalue weighted by Gasteiger charge is -2.10. The number of nitrogens with one attached hydrogen (secondary N) is 1. The Bertz CT molecular complexity index is 646. The summed E-state index contributed by atoms with van der Waals surface area (Å²) >= 11 is 11.1. The third-order valence-electron chi connectivity index (χ3n) is 2.18. The maximum atomic E-state index is 13.5. The van der Waals surface area contributed by atoms with E-state index in [1.165, 1.54) is 12.1 Å². The van der Waals surface area contributed by atoms with E-state index in [1.54, 1.807) is 0 Å². The number of alkyl halides is 3. The van der Waals surface area contributed by atoms with Crippen LogP contribution in [0.3, 0.4) is 0 Å². The van der Waals surface area contributed by atoms with Gasteiger partial charge in [0.2, 0.25) is 5.28 Å². The number of benzene rings is 1. The Balaban J connectivity index is 2.39. The van der Waals surface area contributed by atoms with Crippen LogP contribution < -0.4 is 5.32 Å². The Morgan fingerprint density at radius 2 is 1.75 bits per heavy atom. The second-order valence-corrected chi connectivity index (χ2v) is 4.43. The lowest BCUT2D eigenvalue weighted by Crippen LogP contribution is -2.10. The van der Waals surface area contributed by atoms with E-state index in [0.29, 0.717) is 6.07 Å². The van der Waals surface area contributed by atoms with Gasteiger partial charge in [0.25, 0.3) is 0 Å². The van der Waals surface area contributed by atoms with Crippen molar-refractivity contribution in [1.29, 1.82) is 0 Å². The molecule has 1 aromatic carbocycles. The minimum absolute atomic E-state index is 0.125. The van der Waals surface area contributed by atoms with E-state index in [-0.39, 0.29) is 16.5 Å². The molecule has 1 N–H and O–H groups in total. The monoisotopic (exact) mass is 325 g/mol. The lowest BCUT2D eigenvalue weighted by atomic mass is 10.3. The van der Waals surface area contributed by atoms with Crippen LogP contribution in [0.25, 0.3) is 0 Å². The first kappa shape index (κ1) is 14.8. The Labute approximate surface area is 120 Å². The van der Waals surface area contributed by atoms with Crippen molar-refractivity contribution in [1.82, 2.24) is 9.97 Å². The van der Waals surface area contributed by atoms with Crippen LogP contribution in [0.4, 0.5) is 29.1 Å². The van der Waals surface area contributed by atoms with Crippen molar-refractivity contribution in [2.45, 2.75) is 6.18 Å². The Morgan fingerprint density at radius 3 is 2.40 bits per heavy atom. The van der Waals surface area contributed by atoms with Gasteiger partial charge in [0.1, 0.15) is 11.6 Å². The van der Waals surface area contributed by atoms with Gasteiger partial charge < -0.3 is 5.32 Å². The summed E-state index contributed by atoms with van der Waals surface area (Å²) in [7, 11) is 0. The maximum absolute atomic E-state index is 13.5. The number of hydrogen-bond donors (Lipinski definition) is 1. The molecule has 0 atom stereocenters. The van der Waals surface area contributed by atoms with E-state index in [0.717, 1.165) is 6.07 Å². The van der Waals surface area contributed by atoms with E-state index in [2.05, 4.69) is 15.3 Å². The molecule has 1 heterocycles. The summed E-state index contributed by atoms with van der Waals surface area (Å²) in [5.41, 5.74) is -1.36. The highest BCUT2D eigenvalue weighted by atomic mass is 35.5. The van der Waals surface area contributed by atoms with Crippen LogP contribution in [0.1, 0.15) is 5.69 Å². The molecule has 9 heteroatoms. The molecule has 3 nitrogen and oxygen atoms in total. The zero-order valence-corrected chi connectivity index (χ0v) is 11.0. The molecular weight excluding hydrogens is 321 g/mol. The predicted molar refractivity (Wildman–Crippen MR) is 66.7 cm³/mol. The van der Waals surface area contributed by atoms with Gasteiger partial charge in [0.15, 0.2) is 5.69 Å². The normalized spacial score (nSPS) is 11.5. The molecule has 0 saturated heterocycles. The summed E-state index contributed by atoms with van der Waals surface area (Å²) in [6, 6.07) is 4.20. The molecule has 0 aliphatic heterocycles. The Kier molecular flexibility index (Phi) is 4.01. The first-order valence-electron chi connectivity index (χ1n) is 5.09. The van der Waals surface area contributed by atoms with Crippen LogP contribution in [0, 0.1) is 5.82 Å². The molecule has 0 aliphatic carbocycles. The molecule has 0 saturated carbocycles. The van der Waals surface area contributed by atoms with Crippen LogP contribution in [0.5, 0.6) is 0 Å².